The van der Waals surface area contributed by atoms with Crippen LogP contribution in [-0.2, 0) is 9.47 Å². The lowest BCUT2D eigenvalue weighted by Crippen LogP contribution is -2.47. The molecule has 1 aliphatic heterocycles. The molecule has 90 valence electrons. The van der Waals surface area contributed by atoms with Gasteiger partial charge < -0.3 is 14.8 Å². The first-order chi connectivity index (χ1) is 7.03. The summed E-state index contributed by atoms with van der Waals surface area (Å²) in [6, 6.07) is 1.01. The maximum atomic E-state index is 5.69. The molecule has 2 unspecified atom stereocenters. The molecule has 0 amide bonds. The SMILES string of the molecule is CCOCC(C)NC1CCOC(C)(C)C1. The first-order valence-electron chi connectivity index (χ1n) is 6.01. The number of hydrogen-bond acceptors (Lipinski definition) is 3. The van der Waals surface area contributed by atoms with Gasteiger partial charge in [0.15, 0.2) is 0 Å². The molecule has 0 aromatic carbocycles. The Hall–Kier alpha value is -0.120. The fraction of sp³-hybridized carbons (Fsp3) is 1.00. The molecule has 0 saturated carbocycles. The highest BCUT2D eigenvalue weighted by atomic mass is 16.5. The highest BCUT2D eigenvalue weighted by Gasteiger charge is 2.29. The standard InChI is InChI=1S/C12H25NO2/c1-5-14-9-10(2)13-11-6-7-15-12(3,4)8-11/h10-11,13H,5-9H2,1-4H3. The molecule has 3 heteroatoms. The average Bonchev–Trinajstić information content (AvgIpc) is 2.13. The Bertz CT molecular complexity index is 182. The summed E-state index contributed by atoms with van der Waals surface area (Å²) in [5.74, 6) is 0. The first kappa shape index (κ1) is 12.9. The van der Waals surface area contributed by atoms with Crippen LogP contribution in [0.5, 0.6) is 0 Å². The molecule has 1 heterocycles. The van der Waals surface area contributed by atoms with E-state index in [0.717, 1.165) is 32.7 Å². The summed E-state index contributed by atoms with van der Waals surface area (Å²) >= 11 is 0. The zero-order chi connectivity index (χ0) is 11.3. The van der Waals surface area contributed by atoms with Gasteiger partial charge in [-0.05, 0) is 40.5 Å². The van der Waals surface area contributed by atoms with Crippen LogP contribution in [0.25, 0.3) is 0 Å². The molecule has 1 saturated heterocycles. The second kappa shape index (κ2) is 5.83. The van der Waals surface area contributed by atoms with Gasteiger partial charge in [0.25, 0.3) is 0 Å². The van der Waals surface area contributed by atoms with Crippen molar-refractivity contribution < 1.29 is 9.47 Å². The smallest absolute Gasteiger partial charge is 0.0641 e. The normalized spacial score (nSPS) is 27.6. The van der Waals surface area contributed by atoms with Gasteiger partial charge in [-0.1, -0.05) is 0 Å². The minimum absolute atomic E-state index is 0.0290. The maximum absolute atomic E-state index is 5.69. The number of ether oxygens (including phenoxy) is 2. The van der Waals surface area contributed by atoms with Crippen LogP contribution < -0.4 is 5.32 Å². The molecular formula is C12H25NO2. The molecule has 0 aliphatic carbocycles. The van der Waals surface area contributed by atoms with Crippen LogP contribution in [0.2, 0.25) is 0 Å². The number of nitrogens with one attached hydrogen (secondary N) is 1. The van der Waals surface area contributed by atoms with Gasteiger partial charge in [-0.3, -0.25) is 0 Å². The van der Waals surface area contributed by atoms with Crippen LogP contribution >= 0.6 is 0 Å². The molecule has 0 aromatic heterocycles. The molecule has 15 heavy (non-hydrogen) atoms. The van der Waals surface area contributed by atoms with Crippen molar-refractivity contribution >= 4 is 0 Å². The van der Waals surface area contributed by atoms with Crippen molar-refractivity contribution in [3.63, 3.8) is 0 Å². The van der Waals surface area contributed by atoms with E-state index >= 15 is 0 Å². The summed E-state index contributed by atoms with van der Waals surface area (Å²) < 4.78 is 11.1. The third-order valence-corrected chi connectivity index (χ3v) is 2.79. The van der Waals surface area contributed by atoms with Crippen molar-refractivity contribution in [1.29, 1.82) is 0 Å². The molecule has 0 spiro atoms. The van der Waals surface area contributed by atoms with Crippen LogP contribution in [0.4, 0.5) is 0 Å². The third kappa shape index (κ3) is 4.96. The number of rotatable bonds is 5. The quantitative estimate of drug-likeness (QED) is 0.760. The van der Waals surface area contributed by atoms with E-state index in [1.54, 1.807) is 0 Å². The van der Waals surface area contributed by atoms with Gasteiger partial charge >= 0.3 is 0 Å². The van der Waals surface area contributed by atoms with Gasteiger partial charge in [0.2, 0.25) is 0 Å². The summed E-state index contributed by atoms with van der Waals surface area (Å²) in [4.78, 5) is 0. The van der Waals surface area contributed by atoms with Gasteiger partial charge in [-0.25, -0.2) is 0 Å². The predicted molar refractivity (Wildman–Crippen MR) is 62.1 cm³/mol. The van der Waals surface area contributed by atoms with E-state index in [2.05, 4.69) is 26.1 Å². The van der Waals surface area contributed by atoms with Crippen LogP contribution in [0.3, 0.4) is 0 Å². The molecule has 0 bridgehead atoms. The largest absolute Gasteiger partial charge is 0.380 e. The topological polar surface area (TPSA) is 30.5 Å². The van der Waals surface area contributed by atoms with Crippen molar-refractivity contribution in [3.8, 4) is 0 Å². The second-order valence-corrected chi connectivity index (χ2v) is 5.03. The van der Waals surface area contributed by atoms with Crippen LogP contribution in [0.1, 0.15) is 40.5 Å². The van der Waals surface area contributed by atoms with Crippen molar-refractivity contribution in [2.75, 3.05) is 19.8 Å². The van der Waals surface area contributed by atoms with Crippen molar-refractivity contribution in [1.82, 2.24) is 5.32 Å². The lowest BCUT2D eigenvalue weighted by atomic mass is 9.93. The number of hydrogen-bond donors (Lipinski definition) is 1. The summed E-state index contributed by atoms with van der Waals surface area (Å²) in [6.45, 7) is 11.0. The molecule has 1 fully saturated rings. The Morgan fingerprint density at radius 3 is 2.87 bits per heavy atom. The first-order valence-corrected chi connectivity index (χ1v) is 6.01. The molecule has 1 aliphatic rings. The zero-order valence-corrected chi connectivity index (χ0v) is 10.5. The van der Waals surface area contributed by atoms with Crippen LogP contribution in [0.15, 0.2) is 0 Å². The minimum atomic E-state index is 0.0290. The summed E-state index contributed by atoms with van der Waals surface area (Å²) in [6.07, 6.45) is 2.20. The lowest BCUT2D eigenvalue weighted by Gasteiger charge is -2.37. The fourth-order valence-electron chi connectivity index (χ4n) is 2.12. The third-order valence-electron chi connectivity index (χ3n) is 2.79. The van der Waals surface area contributed by atoms with E-state index in [1.165, 1.54) is 0 Å². The Kier molecular flexibility index (Phi) is 5.03. The van der Waals surface area contributed by atoms with Gasteiger partial charge in [-0.2, -0.15) is 0 Å². The minimum Gasteiger partial charge on any atom is -0.380 e. The van der Waals surface area contributed by atoms with Gasteiger partial charge in [0.1, 0.15) is 0 Å². The molecule has 0 radical (unpaired) electrons. The van der Waals surface area contributed by atoms with E-state index in [4.69, 9.17) is 9.47 Å². The highest BCUT2D eigenvalue weighted by Crippen LogP contribution is 2.24. The lowest BCUT2D eigenvalue weighted by molar-refractivity contribution is -0.0650. The van der Waals surface area contributed by atoms with E-state index in [-0.39, 0.29) is 5.60 Å². The Morgan fingerprint density at radius 1 is 1.53 bits per heavy atom. The summed E-state index contributed by atoms with van der Waals surface area (Å²) in [5, 5.41) is 3.60. The maximum Gasteiger partial charge on any atom is 0.0641 e. The van der Waals surface area contributed by atoms with Gasteiger partial charge in [0, 0.05) is 25.3 Å². The fourth-order valence-corrected chi connectivity index (χ4v) is 2.12. The highest BCUT2D eigenvalue weighted by molar-refractivity contribution is 4.84. The van der Waals surface area contributed by atoms with E-state index in [1.807, 2.05) is 6.92 Å². The summed E-state index contributed by atoms with van der Waals surface area (Å²) in [7, 11) is 0. The van der Waals surface area contributed by atoms with Crippen molar-refractivity contribution in [3.05, 3.63) is 0 Å². The van der Waals surface area contributed by atoms with Crippen LogP contribution in [0, 0.1) is 0 Å². The Morgan fingerprint density at radius 2 is 2.27 bits per heavy atom. The molecule has 1 N–H and O–H groups in total. The molecular weight excluding hydrogens is 190 g/mol. The van der Waals surface area contributed by atoms with Crippen molar-refractivity contribution in [2.45, 2.75) is 58.2 Å². The Labute approximate surface area is 93.5 Å². The second-order valence-electron chi connectivity index (χ2n) is 5.03. The zero-order valence-electron chi connectivity index (χ0n) is 10.5. The summed E-state index contributed by atoms with van der Waals surface area (Å²) in [5.41, 5.74) is 0.0290. The van der Waals surface area contributed by atoms with Gasteiger partial charge in [-0.15, -0.1) is 0 Å². The Balaban J connectivity index is 2.25. The molecule has 1 rings (SSSR count). The average molecular weight is 215 g/mol. The van der Waals surface area contributed by atoms with E-state index in [0.29, 0.717) is 12.1 Å². The van der Waals surface area contributed by atoms with Crippen LogP contribution in [-0.4, -0.2) is 37.5 Å². The van der Waals surface area contributed by atoms with Crippen molar-refractivity contribution in [2.24, 2.45) is 0 Å². The monoisotopic (exact) mass is 215 g/mol. The molecule has 0 aromatic rings. The van der Waals surface area contributed by atoms with Gasteiger partial charge in [0.05, 0.1) is 12.2 Å². The molecule has 2 atom stereocenters. The van der Waals surface area contributed by atoms with E-state index < -0.39 is 0 Å². The molecule has 3 nitrogen and oxygen atoms in total. The van der Waals surface area contributed by atoms with E-state index in [9.17, 15) is 0 Å². The predicted octanol–water partition coefficient (Wildman–Crippen LogP) is 1.96.